The van der Waals surface area contributed by atoms with Crippen molar-refractivity contribution in [2.45, 2.75) is 26.4 Å². The molecule has 0 fully saturated rings. The van der Waals surface area contributed by atoms with E-state index in [1.165, 1.54) is 10.8 Å². The van der Waals surface area contributed by atoms with Crippen LogP contribution in [0.25, 0.3) is 22.2 Å². The zero-order chi connectivity index (χ0) is 18.2. The van der Waals surface area contributed by atoms with E-state index in [4.69, 9.17) is 16.3 Å². The molecule has 0 atom stereocenters. The van der Waals surface area contributed by atoms with E-state index in [2.05, 4.69) is 4.98 Å². The Hall–Kier alpha value is -2.66. The highest BCUT2D eigenvalue weighted by Gasteiger charge is 2.23. The smallest absolute Gasteiger partial charge is 0.419 e. The van der Waals surface area contributed by atoms with Gasteiger partial charge in [-0.15, -0.1) is 0 Å². The fraction of sp³-hybridized carbons (Fsp3) is 0.211. The van der Waals surface area contributed by atoms with Crippen LogP contribution in [-0.2, 0) is 4.74 Å². The molecule has 0 amide bonds. The van der Waals surface area contributed by atoms with E-state index in [1.807, 2.05) is 12.1 Å². The summed E-state index contributed by atoms with van der Waals surface area (Å²) < 4.78 is 7.00. The number of carbonyl (C=O) groups is 2. The van der Waals surface area contributed by atoms with Crippen molar-refractivity contribution in [1.29, 1.82) is 0 Å². The normalized spacial score (nSPS) is 11.5. The second-order valence-electron chi connectivity index (χ2n) is 6.67. The number of halogens is 1. The van der Waals surface area contributed by atoms with Crippen LogP contribution in [0.3, 0.4) is 0 Å². The summed E-state index contributed by atoms with van der Waals surface area (Å²) in [6.45, 7) is 5.41. The fourth-order valence-electron chi connectivity index (χ4n) is 2.55. The highest BCUT2D eigenvalue weighted by Crippen LogP contribution is 2.31. The van der Waals surface area contributed by atoms with E-state index in [0.29, 0.717) is 33.6 Å². The molecule has 0 N–H and O–H groups in total. The van der Waals surface area contributed by atoms with Crippen molar-refractivity contribution in [2.75, 3.05) is 0 Å². The molecule has 0 aliphatic heterocycles. The summed E-state index contributed by atoms with van der Waals surface area (Å²) in [7, 11) is 0. The highest BCUT2D eigenvalue weighted by molar-refractivity contribution is 6.31. The van der Waals surface area contributed by atoms with Crippen molar-refractivity contribution in [3.63, 3.8) is 0 Å². The third kappa shape index (κ3) is 3.56. The Morgan fingerprint density at radius 2 is 1.96 bits per heavy atom. The third-order valence-electron chi connectivity index (χ3n) is 3.53. The number of pyridine rings is 1. The average molecular weight is 357 g/mol. The molecule has 6 heteroatoms. The summed E-state index contributed by atoms with van der Waals surface area (Å²) in [5.74, 6) is 0. The predicted octanol–water partition coefficient (Wildman–Crippen LogP) is 4.95. The zero-order valence-corrected chi connectivity index (χ0v) is 14.9. The molecule has 3 rings (SSSR count). The van der Waals surface area contributed by atoms with Crippen molar-refractivity contribution in [3.8, 4) is 11.3 Å². The molecule has 0 aliphatic carbocycles. The van der Waals surface area contributed by atoms with Gasteiger partial charge in [-0.25, -0.2) is 9.36 Å². The molecule has 0 aliphatic rings. The molecule has 0 unspecified atom stereocenters. The number of hydrogen-bond donors (Lipinski definition) is 0. The number of aromatic nitrogens is 2. The van der Waals surface area contributed by atoms with Gasteiger partial charge in [0.05, 0.1) is 11.2 Å². The summed E-state index contributed by atoms with van der Waals surface area (Å²) >= 11 is 6.11. The highest BCUT2D eigenvalue weighted by atomic mass is 35.5. The van der Waals surface area contributed by atoms with Crippen molar-refractivity contribution >= 4 is 34.9 Å². The fourth-order valence-corrected chi connectivity index (χ4v) is 2.72. The lowest BCUT2D eigenvalue weighted by Gasteiger charge is -2.21. The number of aldehydes is 1. The van der Waals surface area contributed by atoms with Gasteiger partial charge in [0.15, 0.2) is 6.29 Å². The Morgan fingerprint density at radius 1 is 1.20 bits per heavy atom. The van der Waals surface area contributed by atoms with Crippen molar-refractivity contribution in [2.24, 2.45) is 0 Å². The number of nitrogens with zero attached hydrogens (tertiary/aromatic N) is 2. The van der Waals surface area contributed by atoms with Crippen LogP contribution in [0.2, 0.25) is 5.02 Å². The van der Waals surface area contributed by atoms with Crippen LogP contribution in [0.4, 0.5) is 4.79 Å². The Balaban J connectivity index is 2.25. The van der Waals surface area contributed by atoms with E-state index in [0.717, 1.165) is 5.39 Å². The molecule has 0 saturated carbocycles. The molecular formula is C19H17ClN2O3. The quantitative estimate of drug-likeness (QED) is 0.609. The van der Waals surface area contributed by atoms with Gasteiger partial charge < -0.3 is 4.74 Å². The van der Waals surface area contributed by atoms with Crippen LogP contribution in [-0.4, -0.2) is 27.5 Å². The summed E-state index contributed by atoms with van der Waals surface area (Å²) in [5, 5.41) is 1.35. The second-order valence-corrected chi connectivity index (χ2v) is 7.11. The van der Waals surface area contributed by atoms with Gasteiger partial charge in [0.1, 0.15) is 5.60 Å². The molecule has 0 saturated heterocycles. The molecule has 0 radical (unpaired) electrons. The van der Waals surface area contributed by atoms with E-state index in [-0.39, 0.29) is 0 Å². The predicted molar refractivity (Wildman–Crippen MR) is 97.2 cm³/mol. The molecule has 128 valence electrons. The summed E-state index contributed by atoms with van der Waals surface area (Å²) in [6, 6.07) is 8.82. The Labute approximate surface area is 150 Å². The molecule has 3 aromatic rings. The SMILES string of the molecule is CC(C)(C)OC(=O)n1c(-c2cncc(C=O)c2)cc2ccc(Cl)cc21. The standard InChI is InChI=1S/C19H17ClN2O3/c1-19(2,3)25-18(24)22-16(14-6-12(11-23)9-21-10-14)7-13-4-5-15(20)8-17(13)22/h4-11H,1-3H3. The van der Waals surface area contributed by atoms with Crippen LogP contribution in [0.1, 0.15) is 31.1 Å². The number of rotatable bonds is 2. The first-order valence-electron chi connectivity index (χ1n) is 7.73. The molecule has 5 nitrogen and oxygen atoms in total. The van der Waals surface area contributed by atoms with Crippen molar-refractivity contribution in [1.82, 2.24) is 9.55 Å². The maximum Gasteiger partial charge on any atom is 0.419 e. The molecule has 0 spiro atoms. The minimum atomic E-state index is -0.646. The maximum atomic E-state index is 12.8. The van der Waals surface area contributed by atoms with E-state index < -0.39 is 11.7 Å². The second kappa shape index (κ2) is 6.33. The van der Waals surface area contributed by atoms with Crippen LogP contribution in [0.5, 0.6) is 0 Å². The molecule has 2 heterocycles. The molecule has 25 heavy (non-hydrogen) atoms. The lowest BCUT2D eigenvalue weighted by atomic mass is 10.1. The van der Waals surface area contributed by atoms with Gasteiger partial charge in [-0.3, -0.25) is 9.78 Å². The monoisotopic (exact) mass is 356 g/mol. The molecule has 0 bridgehead atoms. The Bertz CT molecular complexity index is 970. The van der Waals surface area contributed by atoms with E-state index in [1.54, 1.807) is 45.2 Å². The van der Waals surface area contributed by atoms with Gasteiger partial charge >= 0.3 is 6.09 Å². The van der Waals surface area contributed by atoms with E-state index in [9.17, 15) is 9.59 Å². The molecule has 1 aromatic carbocycles. The first kappa shape index (κ1) is 17.2. The summed E-state index contributed by atoms with van der Waals surface area (Å²) in [6.07, 6.45) is 3.27. The lowest BCUT2D eigenvalue weighted by Crippen LogP contribution is -2.27. The molecular weight excluding hydrogens is 340 g/mol. The number of fused-ring (bicyclic) bond motifs is 1. The van der Waals surface area contributed by atoms with Gasteiger partial charge in [-0.05, 0) is 45.0 Å². The number of ether oxygens (including phenoxy) is 1. The van der Waals surface area contributed by atoms with Gasteiger partial charge in [0.25, 0.3) is 0 Å². The topological polar surface area (TPSA) is 61.2 Å². The van der Waals surface area contributed by atoms with Gasteiger partial charge in [-0.2, -0.15) is 0 Å². The minimum Gasteiger partial charge on any atom is -0.443 e. The first-order valence-corrected chi connectivity index (χ1v) is 8.11. The summed E-state index contributed by atoms with van der Waals surface area (Å²) in [4.78, 5) is 27.9. The number of carbonyl (C=O) groups excluding carboxylic acids is 2. The largest absolute Gasteiger partial charge is 0.443 e. The van der Waals surface area contributed by atoms with Crippen molar-refractivity contribution < 1.29 is 14.3 Å². The number of hydrogen-bond acceptors (Lipinski definition) is 4. The van der Waals surface area contributed by atoms with Gasteiger partial charge in [-0.1, -0.05) is 17.7 Å². The van der Waals surface area contributed by atoms with Crippen LogP contribution in [0.15, 0.2) is 42.7 Å². The number of benzene rings is 1. The van der Waals surface area contributed by atoms with Crippen LogP contribution in [0, 0.1) is 0 Å². The van der Waals surface area contributed by atoms with Crippen LogP contribution >= 0.6 is 11.6 Å². The third-order valence-corrected chi connectivity index (χ3v) is 3.77. The van der Waals surface area contributed by atoms with Crippen LogP contribution < -0.4 is 0 Å². The lowest BCUT2D eigenvalue weighted by molar-refractivity contribution is 0.0547. The van der Waals surface area contributed by atoms with E-state index >= 15 is 0 Å². The zero-order valence-electron chi connectivity index (χ0n) is 14.1. The average Bonchev–Trinajstić information content (AvgIpc) is 2.92. The summed E-state index contributed by atoms with van der Waals surface area (Å²) in [5.41, 5.74) is 1.64. The van der Waals surface area contributed by atoms with Gasteiger partial charge in [0.2, 0.25) is 0 Å². The van der Waals surface area contributed by atoms with Gasteiger partial charge in [0, 0.05) is 33.9 Å². The first-order chi connectivity index (χ1) is 11.8. The Morgan fingerprint density at radius 3 is 2.64 bits per heavy atom. The minimum absolute atomic E-state index is 0.427. The Kier molecular flexibility index (Phi) is 4.35. The molecule has 2 aromatic heterocycles. The van der Waals surface area contributed by atoms with Crippen molar-refractivity contribution in [3.05, 3.63) is 53.3 Å². The maximum absolute atomic E-state index is 12.8.